The summed E-state index contributed by atoms with van der Waals surface area (Å²) in [6.07, 6.45) is 3.86. The summed E-state index contributed by atoms with van der Waals surface area (Å²) in [5.41, 5.74) is 4.49. The summed E-state index contributed by atoms with van der Waals surface area (Å²) < 4.78 is 19.4. The first-order valence-corrected chi connectivity index (χ1v) is 17.8. The number of methoxy groups -OCH3 is 1. The number of hydrogen-bond acceptors (Lipinski definition) is 7. The molecular formula is C41H32Cl2FN3O6. The lowest BCUT2D eigenvalue weighted by atomic mass is 9.49. The molecule has 2 N–H and O–H groups in total. The number of fused-ring (bicyclic) bond motifs is 4. The fraction of sp³-hybridized carbons (Fsp3) is 0.220. The second-order valence-corrected chi connectivity index (χ2v) is 14.6. The molecule has 9 nitrogen and oxygen atoms in total. The van der Waals surface area contributed by atoms with Crippen molar-refractivity contribution in [1.82, 2.24) is 5.01 Å². The van der Waals surface area contributed by atoms with Gasteiger partial charge in [-0.3, -0.25) is 29.5 Å². The third-order valence-electron chi connectivity index (χ3n) is 11.2. The van der Waals surface area contributed by atoms with Gasteiger partial charge in [-0.1, -0.05) is 71.8 Å². The Kier molecular flexibility index (Phi) is 8.42. The summed E-state index contributed by atoms with van der Waals surface area (Å²) in [5, 5.41) is 12.1. The molecule has 3 fully saturated rings. The van der Waals surface area contributed by atoms with Gasteiger partial charge in [0.15, 0.2) is 11.5 Å². The van der Waals surface area contributed by atoms with Crippen LogP contribution in [0.25, 0.3) is 6.08 Å². The predicted molar refractivity (Wildman–Crippen MR) is 198 cm³/mol. The number of halogens is 3. The van der Waals surface area contributed by atoms with Crippen molar-refractivity contribution in [2.24, 2.45) is 23.7 Å². The van der Waals surface area contributed by atoms with Crippen molar-refractivity contribution in [2.75, 3.05) is 17.4 Å². The van der Waals surface area contributed by atoms with Gasteiger partial charge in [-0.2, -0.15) is 5.01 Å². The number of carbonyl (C=O) groups is 4. The van der Waals surface area contributed by atoms with E-state index in [1.807, 2.05) is 6.08 Å². The number of anilines is 2. The van der Waals surface area contributed by atoms with Crippen LogP contribution in [0.1, 0.15) is 35.4 Å². The molecule has 2 heterocycles. The highest BCUT2D eigenvalue weighted by atomic mass is 35.5. The molecular weight excluding hydrogens is 720 g/mol. The third kappa shape index (κ3) is 5.18. The molecule has 6 unspecified atom stereocenters. The Labute approximate surface area is 314 Å². The third-order valence-corrected chi connectivity index (χ3v) is 11.8. The maximum atomic E-state index is 15.3. The van der Waals surface area contributed by atoms with Gasteiger partial charge < -0.3 is 9.84 Å². The number of hydrazine groups is 1. The fourth-order valence-corrected chi connectivity index (χ4v) is 9.31. The number of phenolic OH excluding ortho intramolecular Hbond substituents is 1. The van der Waals surface area contributed by atoms with Crippen LogP contribution < -0.4 is 15.1 Å². The van der Waals surface area contributed by atoms with Crippen molar-refractivity contribution in [3.05, 3.63) is 136 Å². The number of aromatic hydroxyl groups is 1. The summed E-state index contributed by atoms with van der Waals surface area (Å²) in [6.45, 7) is 3.78. The highest BCUT2D eigenvalue weighted by Crippen LogP contribution is 2.64. The number of nitrogens with one attached hydrogen (secondary N) is 1. The molecule has 4 aromatic carbocycles. The lowest BCUT2D eigenvalue weighted by Gasteiger charge is -2.50. The van der Waals surface area contributed by atoms with E-state index in [4.69, 9.17) is 27.9 Å². The molecule has 8 rings (SSSR count). The Morgan fingerprint density at radius 1 is 0.925 bits per heavy atom. The molecule has 4 aromatic rings. The topological polar surface area (TPSA) is 116 Å². The lowest BCUT2D eigenvalue weighted by Crippen LogP contribution is -2.53. The number of imide groups is 2. The van der Waals surface area contributed by atoms with Crippen molar-refractivity contribution in [2.45, 2.75) is 24.2 Å². The van der Waals surface area contributed by atoms with E-state index >= 15 is 4.79 Å². The molecule has 0 radical (unpaired) electrons. The summed E-state index contributed by atoms with van der Waals surface area (Å²) in [5.74, 6) is -6.79. The maximum absolute atomic E-state index is 15.3. The maximum Gasteiger partial charge on any atom is 0.260 e. The molecule has 6 atom stereocenters. The van der Waals surface area contributed by atoms with Crippen LogP contribution in [0.4, 0.5) is 15.8 Å². The number of hydrogen-bond donors (Lipinski definition) is 2. The number of ether oxygens (including phenoxy) is 1. The number of amides is 4. The summed E-state index contributed by atoms with van der Waals surface area (Å²) in [4.78, 5) is 59.9. The fourth-order valence-electron chi connectivity index (χ4n) is 8.96. The average molecular weight is 753 g/mol. The second-order valence-electron chi connectivity index (χ2n) is 13.7. The predicted octanol–water partition coefficient (Wildman–Crippen LogP) is 7.68. The Morgan fingerprint density at radius 2 is 1.62 bits per heavy atom. The summed E-state index contributed by atoms with van der Waals surface area (Å²) in [7, 11) is 1.37. The molecule has 1 saturated carbocycles. The quantitative estimate of drug-likeness (QED) is 0.147. The zero-order valence-electron chi connectivity index (χ0n) is 28.3. The van der Waals surface area contributed by atoms with Gasteiger partial charge in [0, 0.05) is 10.9 Å². The van der Waals surface area contributed by atoms with Gasteiger partial charge in [0.05, 0.1) is 46.7 Å². The minimum atomic E-state index is -1.62. The normalized spacial score (nSPS) is 26.2. The van der Waals surface area contributed by atoms with Gasteiger partial charge in [0.1, 0.15) is 5.82 Å². The van der Waals surface area contributed by atoms with Crippen molar-refractivity contribution in [3.63, 3.8) is 0 Å². The number of nitrogens with zero attached hydrogens (tertiary/aromatic N) is 2. The molecule has 4 aliphatic rings. The van der Waals surface area contributed by atoms with Crippen LogP contribution in [-0.4, -0.2) is 40.9 Å². The van der Waals surface area contributed by atoms with E-state index in [-0.39, 0.29) is 41.2 Å². The summed E-state index contributed by atoms with van der Waals surface area (Å²) >= 11 is 13.0. The Hall–Kier alpha value is -5.45. The Balaban J connectivity index is 1.34. The van der Waals surface area contributed by atoms with Crippen LogP contribution in [0.3, 0.4) is 0 Å². The molecule has 0 aromatic heterocycles. The molecule has 2 saturated heterocycles. The highest BCUT2D eigenvalue weighted by molar-refractivity contribution is 6.32. The SMILES string of the molecule is C=Cc1ccc(N2C(=O)C3CC=C4C(CC5C(=O)N(Nc6ccc(F)cc6)C(=O)C5(c5ccc(Cl)cc5)C4c4cc(Cl)c(O)c(OC)c4)C3C2=O)cc1. The van der Waals surface area contributed by atoms with Crippen LogP contribution in [0, 0.1) is 29.5 Å². The first-order chi connectivity index (χ1) is 25.5. The van der Waals surface area contributed by atoms with Gasteiger partial charge in [-0.25, -0.2) is 4.39 Å². The molecule has 12 heteroatoms. The van der Waals surface area contributed by atoms with Crippen molar-refractivity contribution >= 4 is 64.3 Å². The van der Waals surface area contributed by atoms with Crippen LogP contribution in [0.15, 0.2) is 103 Å². The highest BCUT2D eigenvalue weighted by Gasteiger charge is 2.70. The first kappa shape index (κ1) is 34.6. The molecule has 0 bridgehead atoms. The average Bonchev–Trinajstić information content (AvgIpc) is 3.54. The standard InChI is InChI=1S/C41H32Cl2FN3O6/c1-3-21-4-14-27(15-5-21)46-37(49)29-17-16-28-30(34(29)39(46)51)20-31-38(50)47(45-26-12-10-25(44)11-13-26)40(52)41(31,23-6-8-24(42)9-7-23)35(28)22-18-32(43)36(48)33(19-22)53-2/h3-16,18-19,29-31,34-35,45,48H,1,17,20H2,2H3. The monoisotopic (exact) mass is 751 g/mol. The first-order valence-electron chi connectivity index (χ1n) is 17.0. The van der Waals surface area contributed by atoms with Crippen molar-refractivity contribution < 1.29 is 33.4 Å². The molecule has 2 aliphatic heterocycles. The van der Waals surface area contributed by atoms with Crippen LogP contribution >= 0.6 is 23.2 Å². The van der Waals surface area contributed by atoms with E-state index in [0.29, 0.717) is 33.1 Å². The van der Waals surface area contributed by atoms with E-state index in [1.54, 1.807) is 60.7 Å². The number of allylic oxidation sites excluding steroid dienone is 2. The largest absolute Gasteiger partial charge is 0.503 e. The molecule has 0 spiro atoms. The number of rotatable bonds is 7. The Bertz CT molecular complexity index is 2240. The smallest absolute Gasteiger partial charge is 0.260 e. The van der Waals surface area contributed by atoms with Gasteiger partial charge >= 0.3 is 0 Å². The zero-order valence-corrected chi connectivity index (χ0v) is 29.8. The Morgan fingerprint density at radius 3 is 2.28 bits per heavy atom. The second kappa shape index (κ2) is 12.9. The van der Waals surface area contributed by atoms with Crippen LogP contribution in [0.2, 0.25) is 10.0 Å². The zero-order chi connectivity index (χ0) is 37.3. The van der Waals surface area contributed by atoms with Gasteiger partial charge in [-0.05, 0) is 96.1 Å². The van der Waals surface area contributed by atoms with E-state index in [1.165, 1.54) is 42.3 Å². The number of carbonyl (C=O) groups excluding carboxylic acids is 4. The van der Waals surface area contributed by atoms with E-state index < -0.39 is 52.6 Å². The molecule has 53 heavy (non-hydrogen) atoms. The van der Waals surface area contributed by atoms with Crippen molar-refractivity contribution in [1.29, 1.82) is 0 Å². The van der Waals surface area contributed by atoms with E-state index in [9.17, 15) is 23.9 Å². The molecule has 268 valence electrons. The van der Waals surface area contributed by atoms with Gasteiger partial charge in [0.2, 0.25) is 11.8 Å². The summed E-state index contributed by atoms with van der Waals surface area (Å²) in [6, 6.07) is 22.0. The van der Waals surface area contributed by atoms with Gasteiger partial charge in [-0.15, -0.1) is 0 Å². The van der Waals surface area contributed by atoms with Crippen molar-refractivity contribution in [3.8, 4) is 11.5 Å². The molecule has 2 aliphatic carbocycles. The van der Waals surface area contributed by atoms with E-state index in [0.717, 1.165) is 10.6 Å². The number of benzene rings is 4. The minimum Gasteiger partial charge on any atom is -0.503 e. The molecule has 4 amide bonds. The minimum absolute atomic E-state index is 0.0436. The van der Waals surface area contributed by atoms with Crippen LogP contribution in [0.5, 0.6) is 11.5 Å². The van der Waals surface area contributed by atoms with Gasteiger partial charge in [0.25, 0.3) is 11.8 Å². The van der Waals surface area contributed by atoms with E-state index in [2.05, 4.69) is 12.0 Å². The number of phenols is 1. The van der Waals surface area contributed by atoms with Crippen LogP contribution in [-0.2, 0) is 24.6 Å². The lowest BCUT2D eigenvalue weighted by molar-refractivity contribution is -0.138.